The maximum atomic E-state index is 12.9. The number of carbonyl (C=O) groups excluding carboxylic acids is 1. The van der Waals surface area contributed by atoms with Gasteiger partial charge in [-0.2, -0.15) is 0 Å². The molecular formula is C14H11FN2O2. The standard InChI is InChI=1S/C14H11FN2O2/c1-8-2-4-10-11(6-8)17-13(18)14(10,19)12-5-3-9(15)7-16-12/h2-7,19H,1H3,(H,17,18). The Balaban J connectivity index is 2.19. The Bertz CT molecular complexity index is 670. The molecular weight excluding hydrogens is 247 g/mol. The fraction of sp³-hybridized carbons (Fsp3) is 0.143. The quantitative estimate of drug-likeness (QED) is 0.818. The number of aliphatic hydroxyl groups is 1. The van der Waals surface area contributed by atoms with Crippen molar-refractivity contribution in [3.63, 3.8) is 0 Å². The molecule has 0 aliphatic carbocycles. The van der Waals surface area contributed by atoms with Gasteiger partial charge in [0.2, 0.25) is 5.60 Å². The van der Waals surface area contributed by atoms with Gasteiger partial charge < -0.3 is 10.4 Å². The number of amides is 1. The van der Waals surface area contributed by atoms with Crippen molar-refractivity contribution in [2.24, 2.45) is 0 Å². The number of pyridine rings is 1. The van der Waals surface area contributed by atoms with Crippen LogP contribution in [0.2, 0.25) is 0 Å². The minimum absolute atomic E-state index is 0.106. The number of halogens is 1. The normalized spacial score (nSPS) is 21.1. The summed E-state index contributed by atoms with van der Waals surface area (Å²) in [6.45, 7) is 1.89. The van der Waals surface area contributed by atoms with Gasteiger partial charge in [0.05, 0.1) is 11.9 Å². The highest BCUT2D eigenvalue weighted by Crippen LogP contribution is 2.40. The number of aryl methyl sites for hydroxylation is 1. The molecule has 0 bridgehead atoms. The third-order valence-electron chi connectivity index (χ3n) is 3.24. The summed E-state index contributed by atoms with van der Waals surface area (Å²) in [5, 5.41) is 13.3. The number of carbonyl (C=O) groups is 1. The molecule has 0 saturated heterocycles. The van der Waals surface area contributed by atoms with E-state index in [1.165, 1.54) is 12.1 Å². The number of nitrogens with one attached hydrogen (secondary N) is 1. The van der Waals surface area contributed by atoms with Crippen molar-refractivity contribution < 1.29 is 14.3 Å². The molecule has 1 amide bonds. The molecule has 1 aromatic carbocycles. The second kappa shape index (κ2) is 3.86. The van der Waals surface area contributed by atoms with E-state index in [4.69, 9.17) is 0 Å². The average Bonchev–Trinajstić information content (AvgIpc) is 2.62. The maximum Gasteiger partial charge on any atom is 0.267 e. The number of anilines is 1. The number of rotatable bonds is 1. The first-order valence-corrected chi connectivity index (χ1v) is 5.79. The van der Waals surface area contributed by atoms with Crippen LogP contribution in [0.1, 0.15) is 16.8 Å². The fourth-order valence-corrected chi connectivity index (χ4v) is 2.26. The van der Waals surface area contributed by atoms with Gasteiger partial charge in [0, 0.05) is 11.3 Å². The molecule has 96 valence electrons. The van der Waals surface area contributed by atoms with Crippen molar-refractivity contribution in [3.05, 3.63) is 59.2 Å². The molecule has 2 heterocycles. The highest BCUT2D eigenvalue weighted by molar-refractivity contribution is 6.07. The third kappa shape index (κ3) is 1.62. The fourth-order valence-electron chi connectivity index (χ4n) is 2.26. The third-order valence-corrected chi connectivity index (χ3v) is 3.24. The number of fused-ring (bicyclic) bond motifs is 1. The predicted octanol–water partition coefficient (Wildman–Crippen LogP) is 1.72. The predicted molar refractivity (Wildman–Crippen MR) is 67.0 cm³/mol. The summed E-state index contributed by atoms with van der Waals surface area (Å²) in [6, 6.07) is 7.72. The number of hydrogen-bond donors (Lipinski definition) is 2. The smallest absolute Gasteiger partial charge is 0.267 e. The van der Waals surface area contributed by atoms with Crippen LogP contribution in [0.15, 0.2) is 36.5 Å². The van der Waals surface area contributed by atoms with E-state index in [-0.39, 0.29) is 5.69 Å². The summed E-state index contributed by atoms with van der Waals surface area (Å²) >= 11 is 0. The highest BCUT2D eigenvalue weighted by atomic mass is 19.1. The van der Waals surface area contributed by atoms with Crippen molar-refractivity contribution in [3.8, 4) is 0 Å². The second-order valence-electron chi connectivity index (χ2n) is 4.58. The molecule has 0 spiro atoms. The summed E-state index contributed by atoms with van der Waals surface area (Å²) in [5.74, 6) is -1.10. The first kappa shape index (κ1) is 11.8. The van der Waals surface area contributed by atoms with Crippen LogP contribution >= 0.6 is 0 Å². The van der Waals surface area contributed by atoms with E-state index in [2.05, 4.69) is 10.3 Å². The highest BCUT2D eigenvalue weighted by Gasteiger charge is 2.47. The molecule has 1 atom stereocenters. The summed E-state index contributed by atoms with van der Waals surface area (Å²) in [4.78, 5) is 15.9. The van der Waals surface area contributed by atoms with E-state index in [9.17, 15) is 14.3 Å². The lowest BCUT2D eigenvalue weighted by Gasteiger charge is -2.20. The van der Waals surface area contributed by atoms with E-state index in [0.717, 1.165) is 11.8 Å². The first-order chi connectivity index (χ1) is 9.01. The maximum absolute atomic E-state index is 12.9. The zero-order valence-corrected chi connectivity index (χ0v) is 10.1. The van der Waals surface area contributed by atoms with Gasteiger partial charge >= 0.3 is 0 Å². The lowest BCUT2D eigenvalue weighted by molar-refractivity contribution is -0.130. The van der Waals surface area contributed by atoms with Crippen LogP contribution in [0.25, 0.3) is 0 Å². The van der Waals surface area contributed by atoms with E-state index >= 15 is 0 Å². The average molecular weight is 258 g/mol. The molecule has 4 nitrogen and oxygen atoms in total. The lowest BCUT2D eigenvalue weighted by atomic mass is 9.91. The van der Waals surface area contributed by atoms with Crippen LogP contribution in [-0.2, 0) is 10.4 Å². The van der Waals surface area contributed by atoms with Gasteiger partial charge in [-0.15, -0.1) is 0 Å². The van der Waals surface area contributed by atoms with Crippen LogP contribution in [0.5, 0.6) is 0 Å². The zero-order valence-electron chi connectivity index (χ0n) is 10.1. The zero-order chi connectivity index (χ0) is 13.6. The number of aromatic nitrogens is 1. The minimum Gasteiger partial charge on any atom is -0.370 e. The van der Waals surface area contributed by atoms with Crippen molar-refractivity contribution >= 4 is 11.6 Å². The lowest BCUT2D eigenvalue weighted by Crippen LogP contribution is -2.36. The molecule has 1 unspecified atom stereocenters. The van der Waals surface area contributed by atoms with Crippen LogP contribution in [0.4, 0.5) is 10.1 Å². The Hall–Kier alpha value is -2.27. The van der Waals surface area contributed by atoms with Gasteiger partial charge in [0.25, 0.3) is 5.91 Å². The molecule has 0 fully saturated rings. The van der Waals surface area contributed by atoms with Crippen molar-refractivity contribution in [2.45, 2.75) is 12.5 Å². The van der Waals surface area contributed by atoms with Crippen LogP contribution in [0.3, 0.4) is 0 Å². The largest absolute Gasteiger partial charge is 0.370 e. The Morgan fingerprint density at radius 2 is 2.11 bits per heavy atom. The van der Waals surface area contributed by atoms with E-state index in [1.807, 2.05) is 6.92 Å². The molecule has 0 radical (unpaired) electrons. The van der Waals surface area contributed by atoms with E-state index in [1.54, 1.807) is 18.2 Å². The van der Waals surface area contributed by atoms with Crippen LogP contribution in [0, 0.1) is 12.7 Å². The topological polar surface area (TPSA) is 62.2 Å². The molecule has 1 aliphatic heterocycles. The van der Waals surface area contributed by atoms with E-state index < -0.39 is 17.3 Å². The molecule has 1 aromatic heterocycles. The summed E-state index contributed by atoms with van der Waals surface area (Å²) < 4.78 is 12.9. The molecule has 3 rings (SSSR count). The summed E-state index contributed by atoms with van der Waals surface area (Å²) in [7, 11) is 0. The number of hydrogen-bond acceptors (Lipinski definition) is 3. The summed E-state index contributed by atoms with van der Waals surface area (Å²) in [5.41, 5.74) is 0.196. The molecule has 19 heavy (non-hydrogen) atoms. The first-order valence-electron chi connectivity index (χ1n) is 5.79. The molecule has 2 N–H and O–H groups in total. The number of nitrogens with zero attached hydrogens (tertiary/aromatic N) is 1. The molecule has 0 saturated carbocycles. The van der Waals surface area contributed by atoms with Gasteiger partial charge in [0.15, 0.2) is 0 Å². The van der Waals surface area contributed by atoms with Gasteiger partial charge in [-0.3, -0.25) is 9.78 Å². The van der Waals surface area contributed by atoms with Gasteiger partial charge in [0.1, 0.15) is 5.82 Å². The molecule has 2 aromatic rings. The SMILES string of the molecule is Cc1ccc2c(c1)NC(=O)C2(O)c1ccc(F)cn1. The van der Waals surface area contributed by atoms with Gasteiger partial charge in [-0.05, 0) is 30.7 Å². The summed E-state index contributed by atoms with van der Waals surface area (Å²) in [6.07, 6.45) is 0.979. The Morgan fingerprint density at radius 1 is 1.32 bits per heavy atom. The Labute approximate surface area is 108 Å². The van der Waals surface area contributed by atoms with Crippen molar-refractivity contribution in [1.82, 2.24) is 4.98 Å². The van der Waals surface area contributed by atoms with Gasteiger partial charge in [-0.25, -0.2) is 4.39 Å². The molecule has 1 aliphatic rings. The Morgan fingerprint density at radius 3 is 2.79 bits per heavy atom. The minimum atomic E-state index is -1.86. The molecule has 5 heteroatoms. The van der Waals surface area contributed by atoms with Crippen molar-refractivity contribution in [1.29, 1.82) is 0 Å². The van der Waals surface area contributed by atoms with Crippen molar-refractivity contribution in [2.75, 3.05) is 5.32 Å². The van der Waals surface area contributed by atoms with Gasteiger partial charge in [-0.1, -0.05) is 12.1 Å². The monoisotopic (exact) mass is 258 g/mol. The number of benzene rings is 1. The van der Waals surface area contributed by atoms with E-state index in [0.29, 0.717) is 11.3 Å². The van der Waals surface area contributed by atoms with Crippen LogP contribution in [-0.4, -0.2) is 16.0 Å². The Kier molecular flexibility index (Phi) is 2.40. The van der Waals surface area contributed by atoms with Crippen LogP contribution < -0.4 is 5.32 Å². The second-order valence-corrected chi connectivity index (χ2v) is 4.58.